The average Bonchev–Trinajstić information content (AvgIpc) is 2.33. The van der Waals surface area contributed by atoms with Gasteiger partial charge in [0.05, 0.1) is 0 Å². The Hall–Kier alpha value is -1.04. The van der Waals surface area contributed by atoms with Gasteiger partial charge >= 0.3 is 0 Å². The molecule has 0 aliphatic carbocycles. The smallest absolute Gasteiger partial charge is 0.159 e. The van der Waals surface area contributed by atoms with E-state index < -0.39 is 11.6 Å². The van der Waals surface area contributed by atoms with E-state index in [1.54, 1.807) is 0 Å². The summed E-state index contributed by atoms with van der Waals surface area (Å²) in [6.45, 7) is 1.14. The lowest BCUT2D eigenvalue weighted by Crippen LogP contribution is -2.29. The zero-order valence-corrected chi connectivity index (χ0v) is 9.63. The number of hydrogen-bond acceptors (Lipinski definition) is 3. The van der Waals surface area contributed by atoms with Crippen molar-refractivity contribution in [2.24, 2.45) is 5.73 Å². The number of nitrogens with two attached hydrogens (primary N) is 1. The Morgan fingerprint density at radius 1 is 1.24 bits per heavy atom. The zero-order valence-electron chi connectivity index (χ0n) is 9.63. The maximum Gasteiger partial charge on any atom is 0.159 e. The summed E-state index contributed by atoms with van der Waals surface area (Å²) >= 11 is 0. The van der Waals surface area contributed by atoms with Gasteiger partial charge in [0.25, 0.3) is 0 Å². The number of halogens is 2. The molecule has 0 saturated heterocycles. The number of rotatable bonds is 7. The van der Waals surface area contributed by atoms with E-state index in [4.69, 9.17) is 10.8 Å². The first-order valence-corrected chi connectivity index (χ1v) is 5.68. The van der Waals surface area contributed by atoms with Crippen LogP contribution in [0.2, 0.25) is 0 Å². The predicted octanol–water partition coefficient (Wildman–Crippen LogP) is 1.33. The van der Waals surface area contributed by atoms with E-state index in [0.717, 1.165) is 18.6 Å². The average molecular weight is 244 g/mol. The maximum atomic E-state index is 13.0. The first kappa shape index (κ1) is 14.0. The summed E-state index contributed by atoms with van der Waals surface area (Å²) in [5.74, 6) is -1.72. The molecule has 0 spiro atoms. The zero-order chi connectivity index (χ0) is 12.7. The van der Waals surface area contributed by atoms with Crippen LogP contribution in [0.25, 0.3) is 0 Å². The number of aliphatic hydroxyl groups excluding tert-OH is 1. The van der Waals surface area contributed by atoms with Crippen LogP contribution in [-0.2, 0) is 0 Å². The van der Waals surface area contributed by atoms with Gasteiger partial charge < -0.3 is 16.2 Å². The second kappa shape index (κ2) is 7.32. The van der Waals surface area contributed by atoms with Crippen LogP contribution in [0.3, 0.4) is 0 Å². The van der Waals surface area contributed by atoms with Crippen molar-refractivity contribution in [2.75, 3.05) is 19.7 Å². The van der Waals surface area contributed by atoms with Gasteiger partial charge in [0.15, 0.2) is 11.6 Å². The standard InChI is InChI=1S/C12H18F2N2O/c13-10-4-3-9(7-11(10)14)12(8-15)16-5-1-2-6-17/h3-4,7,12,16-17H,1-2,5-6,8,15H2. The number of aliphatic hydroxyl groups is 1. The molecule has 1 atom stereocenters. The molecule has 1 rings (SSSR count). The maximum absolute atomic E-state index is 13.0. The summed E-state index contributed by atoms with van der Waals surface area (Å²) in [4.78, 5) is 0. The van der Waals surface area contributed by atoms with E-state index in [1.807, 2.05) is 0 Å². The Balaban J connectivity index is 2.56. The van der Waals surface area contributed by atoms with Gasteiger partial charge in [0.2, 0.25) is 0 Å². The van der Waals surface area contributed by atoms with Gasteiger partial charge in [-0.3, -0.25) is 0 Å². The Kier molecular flexibility index (Phi) is 6.04. The normalized spacial score (nSPS) is 12.7. The lowest BCUT2D eigenvalue weighted by Gasteiger charge is -2.17. The van der Waals surface area contributed by atoms with E-state index in [1.165, 1.54) is 6.07 Å². The van der Waals surface area contributed by atoms with Gasteiger partial charge in [-0.1, -0.05) is 6.07 Å². The molecule has 0 fully saturated rings. The predicted molar refractivity (Wildman–Crippen MR) is 62.5 cm³/mol. The summed E-state index contributed by atoms with van der Waals surface area (Å²) in [7, 11) is 0. The summed E-state index contributed by atoms with van der Waals surface area (Å²) in [6.07, 6.45) is 1.53. The monoisotopic (exact) mass is 244 g/mol. The van der Waals surface area contributed by atoms with E-state index >= 15 is 0 Å². The van der Waals surface area contributed by atoms with Crippen LogP contribution in [0.5, 0.6) is 0 Å². The minimum atomic E-state index is -0.863. The highest BCUT2D eigenvalue weighted by atomic mass is 19.2. The lowest BCUT2D eigenvalue weighted by atomic mass is 10.1. The van der Waals surface area contributed by atoms with Crippen molar-refractivity contribution < 1.29 is 13.9 Å². The Bertz CT molecular complexity index is 347. The highest BCUT2D eigenvalue weighted by Crippen LogP contribution is 2.15. The second-order valence-corrected chi connectivity index (χ2v) is 3.85. The van der Waals surface area contributed by atoms with E-state index in [9.17, 15) is 8.78 Å². The van der Waals surface area contributed by atoms with Crippen molar-refractivity contribution in [3.05, 3.63) is 35.4 Å². The molecule has 0 bridgehead atoms. The quantitative estimate of drug-likeness (QED) is 0.634. The first-order chi connectivity index (χ1) is 8.19. The van der Waals surface area contributed by atoms with Gasteiger partial charge in [0.1, 0.15) is 0 Å². The molecule has 0 heterocycles. The molecule has 0 amide bonds. The second-order valence-electron chi connectivity index (χ2n) is 3.85. The molecule has 1 aromatic rings. The van der Waals surface area contributed by atoms with Crippen LogP contribution >= 0.6 is 0 Å². The number of benzene rings is 1. The SMILES string of the molecule is NCC(NCCCCO)c1ccc(F)c(F)c1. The number of nitrogens with one attached hydrogen (secondary N) is 1. The summed E-state index contributed by atoms with van der Waals surface area (Å²) in [6, 6.07) is 3.59. The first-order valence-electron chi connectivity index (χ1n) is 5.68. The van der Waals surface area contributed by atoms with Gasteiger partial charge in [-0.2, -0.15) is 0 Å². The molecular formula is C12H18F2N2O. The van der Waals surface area contributed by atoms with Gasteiger partial charge in [-0.15, -0.1) is 0 Å². The number of unbranched alkanes of at least 4 members (excludes halogenated alkanes) is 1. The molecule has 4 N–H and O–H groups in total. The van der Waals surface area contributed by atoms with Crippen LogP contribution < -0.4 is 11.1 Å². The van der Waals surface area contributed by atoms with E-state index in [0.29, 0.717) is 25.1 Å². The Labute approximate surface area is 99.6 Å². The highest BCUT2D eigenvalue weighted by molar-refractivity contribution is 5.21. The molecule has 0 aromatic heterocycles. The number of hydrogen-bond donors (Lipinski definition) is 3. The molecule has 1 aromatic carbocycles. The molecule has 1 unspecified atom stereocenters. The van der Waals surface area contributed by atoms with Crippen molar-refractivity contribution in [3.8, 4) is 0 Å². The Morgan fingerprint density at radius 2 is 2.00 bits per heavy atom. The molecule has 0 saturated carbocycles. The fourth-order valence-electron chi connectivity index (χ4n) is 1.58. The van der Waals surface area contributed by atoms with Crippen LogP contribution in [0.4, 0.5) is 8.78 Å². The molecule has 0 aliphatic rings. The van der Waals surface area contributed by atoms with Crippen molar-refractivity contribution in [3.63, 3.8) is 0 Å². The molecular weight excluding hydrogens is 226 g/mol. The molecule has 0 radical (unpaired) electrons. The molecule has 0 aliphatic heterocycles. The van der Waals surface area contributed by atoms with Crippen molar-refractivity contribution in [1.29, 1.82) is 0 Å². The third kappa shape index (κ3) is 4.38. The van der Waals surface area contributed by atoms with Crippen molar-refractivity contribution in [2.45, 2.75) is 18.9 Å². The summed E-state index contributed by atoms with van der Waals surface area (Å²) in [5.41, 5.74) is 6.21. The summed E-state index contributed by atoms with van der Waals surface area (Å²) < 4.78 is 25.8. The Morgan fingerprint density at radius 3 is 2.59 bits per heavy atom. The van der Waals surface area contributed by atoms with Crippen LogP contribution in [0.1, 0.15) is 24.4 Å². The summed E-state index contributed by atoms with van der Waals surface area (Å²) in [5, 5.41) is 11.8. The highest BCUT2D eigenvalue weighted by Gasteiger charge is 2.11. The van der Waals surface area contributed by atoms with Crippen LogP contribution in [0, 0.1) is 11.6 Å². The fourth-order valence-corrected chi connectivity index (χ4v) is 1.58. The molecule has 3 nitrogen and oxygen atoms in total. The van der Waals surface area contributed by atoms with Crippen molar-refractivity contribution in [1.82, 2.24) is 5.32 Å². The van der Waals surface area contributed by atoms with Crippen molar-refractivity contribution >= 4 is 0 Å². The minimum absolute atomic E-state index is 0.153. The minimum Gasteiger partial charge on any atom is -0.396 e. The fraction of sp³-hybridized carbons (Fsp3) is 0.500. The molecule has 96 valence electrons. The van der Waals surface area contributed by atoms with Gasteiger partial charge in [-0.05, 0) is 37.1 Å². The lowest BCUT2D eigenvalue weighted by molar-refractivity contribution is 0.282. The van der Waals surface area contributed by atoms with Gasteiger partial charge in [-0.25, -0.2) is 8.78 Å². The van der Waals surface area contributed by atoms with E-state index in [-0.39, 0.29) is 12.6 Å². The third-order valence-electron chi connectivity index (χ3n) is 2.56. The molecule has 5 heteroatoms. The van der Waals surface area contributed by atoms with Gasteiger partial charge in [0, 0.05) is 19.2 Å². The van der Waals surface area contributed by atoms with Crippen LogP contribution in [-0.4, -0.2) is 24.8 Å². The largest absolute Gasteiger partial charge is 0.396 e. The van der Waals surface area contributed by atoms with Crippen LogP contribution in [0.15, 0.2) is 18.2 Å². The van der Waals surface area contributed by atoms with E-state index in [2.05, 4.69) is 5.32 Å². The molecule has 17 heavy (non-hydrogen) atoms. The third-order valence-corrected chi connectivity index (χ3v) is 2.56. The topological polar surface area (TPSA) is 58.3 Å².